The number of rotatable bonds is 7. The Morgan fingerprint density at radius 2 is 0.920 bits per heavy atom. The molecule has 9 rings (SSSR count). The Balaban J connectivity index is 1.30. The van der Waals surface area contributed by atoms with Gasteiger partial charge in [-0.2, -0.15) is 0 Å². The predicted octanol–water partition coefficient (Wildman–Crippen LogP) is 13.3. The lowest BCUT2D eigenvalue weighted by Crippen LogP contribution is -2.11. The molecule has 0 spiro atoms. The quantitative estimate of drug-likeness (QED) is 0.169. The van der Waals surface area contributed by atoms with Gasteiger partial charge in [0.1, 0.15) is 0 Å². The average Bonchev–Trinajstić information content (AvgIpc) is 3.54. The summed E-state index contributed by atoms with van der Waals surface area (Å²) in [4.78, 5) is 2.39. The molecule has 236 valence electrons. The van der Waals surface area contributed by atoms with E-state index in [-0.39, 0.29) is 0 Å². The fourth-order valence-corrected chi connectivity index (χ4v) is 7.32. The minimum Gasteiger partial charge on any atom is -0.310 e. The van der Waals surface area contributed by atoms with E-state index in [1.54, 1.807) is 0 Å². The van der Waals surface area contributed by atoms with E-state index < -0.39 is 0 Å². The summed E-state index contributed by atoms with van der Waals surface area (Å²) in [6.07, 6.45) is 0. The van der Waals surface area contributed by atoms with Crippen LogP contribution in [-0.4, -0.2) is 4.57 Å². The van der Waals surface area contributed by atoms with Gasteiger partial charge in [0, 0.05) is 33.4 Å². The van der Waals surface area contributed by atoms with Crippen LogP contribution in [0.3, 0.4) is 0 Å². The Labute approximate surface area is 292 Å². The summed E-state index contributed by atoms with van der Waals surface area (Å²) in [5.41, 5.74) is 14.0. The molecule has 2 nitrogen and oxygen atoms in total. The molecule has 0 bridgehead atoms. The standard InChI is InChI=1S/C48H34N2/c1-5-17-35(18-6-1)37-21-15-22-38(33-37)43-28-16-30-46-48(43)44-32-31-41(34-47(44)50(46)40-25-11-4-12-26-40)49(39-23-9-3-10-24-39)45-29-14-13-27-42(45)36-19-7-2-8-20-36/h1-34H. The van der Waals surface area contributed by atoms with Gasteiger partial charge in [-0.15, -0.1) is 0 Å². The van der Waals surface area contributed by atoms with Gasteiger partial charge < -0.3 is 9.47 Å². The average molecular weight is 639 g/mol. The molecule has 0 atom stereocenters. The first-order chi connectivity index (χ1) is 24.8. The van der Waals surface area contributed by atoms with E-state index in [2.05, 4.69) is 216 Å². The van der Waals surface area contributed by atoms with E-state index in [9.17, 15) is 0 Å². The smallest absolute Gasteiger partial charge is 0.0562 e. The number of nitrogens with zero attached hydrogens (tertiary/aromatic N) is 2. The van der Waals surface area contributed by atoms with E-state index in [1.165, 1.54) is 49.7 Å². The molecule has 0 aliphatic heterocycles. The van der Waals surface area contributed by atoms with Crippen LogP contribution in [0, 0.1) is 0 Å². The van der Waals surface area contributed by atoms with Crippen molar-refractivity contribution in [1.82, 2.24) is 4.57 Å². The van der Waals surface area contributed by atoms with Gasteiger partial charge in [-0.05, 0) is 82.4 Å². The van der Waals surface area contributed by atoms with Crippen LogP contribution in [0.15, 0.2) is 206 Å². The summed E-state index contributed by atoms with van der Waals surface area (Å²) in [7, 11) is 0. The molecule has 9 aromatic rings. The normalized spacial score (nSPS) is 11.2. The topological polar surface area (TPSA) is 8.17 Å². The van der Waals surface area contributed by atoms with E-state index in [0.29, 0.717) is 0 Å². The Morgan fingerprint density at radius 1 is 0.340 bits per heavy atom. The lowest BCUT2D eigenvalue weighted by atomic mass is 9.96. The third kappa shape index (κ3) is 5.24. The molecule has 0 fully saturated rings. The minimum atomic E-state index is 1.10. The zero-order valence-corrected chi connectivity index (χ0v) is 27.5. The van der Waals surface area contributed by atoms with Crippen LogP contribution in [0.4, 0.5) is 17.1 Å². The Hall–Kier alpha value is -6.64. The van der Waals surface area contributed by atoms with Crippen molar-refractivity contribution in [2.24, 2.45) is 0 Å². The number of fused-ring (bicyclic) bond motifs is 3. The van der Waals surface area contributed by atoms with Crippen molar-refractivity contribution in [3.63, 3.8) is 0 Å². The van der Waals surface area contributed by atoms with E-state index in [1.807, 2.05) is 0 Å². The lowest BCUT2D eigenvalue weighted by molar-refractivity contribution is 1.18. The SMILES string of the molecule is c1ccc(-c2cccc(-c3cccc4c3c3ccc(N(c5ccccc5)c5ccccc5-c5ccccc5)cc3n4-c3ccccc3)c2)cc1. The van der Waals surface area contributed by atoms with Gasteiger partial charge in [-0.3, -0.25) is 0 Å². The molecule has 8 aromatic carbocycles. The first kappa shape index (κ1) is 29.5. The largest absolute Gasteiger partial charge is 0.310 e. The summed E-state index contributed by atoms with van der Waals surface area (Å²) in [6, 6.07) is 74.0. The van der Waals surface area contributed by atoms with Gasteiger partial charge >= 0.3 is 0 Å². The van der Waals surface area contributed by atoms with Gasteiger partial charge in [0.15, 0.2) is 0 Å². The van der Waals surface area contributed by atoms with Crippen molar-refractivity contribution in [3.05, 3.63) is 206 Å². The Bertz CT molecular complexity index is 2570. The van der Waals surface area contributed by atoms with Crippen molar-refractivity contribution in [1.29, 1.82) is 0 Å². The van der Waals surface area contributed by atoms with Crippen LogP contribution < -0.4 is 4.90 Å². The van der Waals surface area contributed by atoms with Crippen LogP contribution in [0.1, 0.15) is 0 Å². The summed E-state index contributed by atoms with van der Waals surface area (Å²) >= 11 is 0. The van der Waals surface area contributed by atoms with Crippen LogP contribution in [0.5, 0.6) is 0 Å². The highest BCUT2D eigenvalue weighted by molar-refractivity contribution is 6.16. The zero-order chi connectivity index (χ0) is 33.3. The maximum Gasteiger partial charge on any atom is 0.0562 e. The van der Waals surface area contributed by atoms with Crippen molar-refractivity contribution < 1.29 is 0 Å². The fourth-order valence-electron chi connectivity index (χ4n) is 7.32. The molecule has 50 heavy (non-hydrogen) atoms. The number of anilines is 3. The molecule has 2 heteroatoms. The highest BCUT2D eigenvalue weighted by Crippen LogP contribution is 2.44. The minimum absolute atomic E-state index is 1.10. The van der Waals surface area contributed by atoms with Crippen LogP contribution in [0.25, 0.3) is 60.9 Å². The highest BCUT2D eigenvalue weighted by atomic mass is 15.1. The highest BCUT2D eigenvalue weighted by Gasteiger charge is 2.21. The first-order valence-electron chi connectivity index (χ1n) is 17.1. The van der Waals surface area contributed by atoms with Gasteiger partial charge in [-0.25, -0.2) is 0 Å². The summed E-state index contributed by atoms with van der Waals surface area (Å²) < 4.78 is 2.42. The summed E-state index contributed by atoms with van der Waals surface area (Å²) in [5.74, 6) is 0. The predicted molar refractivity (Wildman–Crippen MR) is 212 cm³/mol. The summed E-state index contributed by atoms with van der Waals surface area (Å²) in [6.45, 7) is 0. The second-order valence-corrected chi connectivity index (χ2v) is 12.6. The van der Waals surface area contributed by atoms with Gasteiger partial charge in [0.25, 0.3) is 0 Å². The van der Waals surface area contributed by atoms with Crippen molar-refractivity contribution in [2.45, 2.75) is 0 Å². The fraction of sp³-hybridized carbons (Fsp3) is 0. The molecule has 1 heterocycles. The molecule has 0 saturated heterocycles. The van der Waals surface area contributed by atoms with Crippen molar-refractivity contribution in [2.75, 3.05) is 4.90 Å². The molecule has 0 radical (unpaired) electrons. The zero-order valence-electron chi connectivity index (χ0n) is 27.5. The first-order valence-corrected chi connectivity index (χ1v) is 17.1. The third-order valence-corrected chi connectivity index (χ3v) is 9.57. The van der Waals surface area contributed by atoms with E-state index in [4.69, 9.17) is 0 Å². The summed E-state index contributed by atoms with van der Waals surface area (Å²) in [5, 5.41) is 2.47. The van der Waals surface area contributed by atoms with Crippen LogP contribution >= 0.6 is 0 Å². The second-order valence-electron chi connectivity index (χ2n) is 12.6. The Morgan fingerprint density at radius 3 is 1.68 bits per heavy atom. The van der Waals surface area contributed by atoms with Gasteiger partial charge in [0.2, 0.25) is 0 Å². The molecule has 1 aromatic heterocycles. The number of hydrogen-bond acceptors (Lipinski definition) is 1. The van der Waals surface area contributed by atoms with Crippen molar-refractivity contribution in [3.8, 4) is 39.1 Å². The van der Waals surface area contributed by atoms with Crippen LogP contribution in [0.2, 0.25) is 0 Å². The molecular formula is C48H34N2. The molecule has 0 amide bonds. The maximum atomic E-state index is 2.42. The number of hydrogen-bond donors (Lipinski definition) is 0. The Kier molecular flexibility index (Phi) is 7.53. The lowest BCUT2D eigenvalue weighted by Gasteiger charge is -2.28. The molecule has 0 aliphatic rings. The van der Waals surface area contributed by atoms with Gasteiger partial charge in [-0.1, -0.05) is 152 Å². The monoisotopic (exact) mass is 638 g/mol. The number of benzene rings is 8. The molecule has 0 N–H and O–H groups in total. The van der Waals surface area contributed by atoms with E-state index >= 15 is 0 Å². The number of aromatic nitrogens is 1. The van der Waals surface area contributed by atoms with E-state index in [0.717, 1.165) is 28.3 Å². The molecule has 0 aliphatic carbocycles. The van der Waals surface area contributed by atoms with Crippen molar-refractivity contribution >= 4 is 38.9 Å². The van der Waals surface area contributed by atoms with Crippen LogP contribution in [-0.2, 0) is 0 Å². The second kappa shape index (κ2) is 12.8. The molecule has 0 saturated carbocycles. The van der Waals surface area contributed by atoms with Gasteiger partial charge in [0.05, 0.1) is 16.7 Å². The maximum absolute atomic E-state index is 2.42. The molecule has 0 unspecified atom stereocenters. The number of para-hydroxylation sites is 3. The molecular weight excluding hydrogens is 605 g/mol. The third-order valence-electron chi connectivity index (χ3n) is 9.57.